The maximum atomic E-state index is 13.1. The van der Waals surface area contributed by atoms with Gasteiger partial charge in [-0.2, -0.15) is 0 Å². The van der Waals surface area contributed by atoms with Crippen LogP contribution in [0.2, 0.25) is 5.02 Å². The summed E-state index contributed by atoms with van der Waals surface area (Å²) in [7, 11) is 0. The smallest absolute Gasteiger partial charge is 0.244 e. The highest BCUT2D eigenvalue weighted by molar-refractivity contribution is 6.35. The largest absolute Gasteiger partial charge is 0.337 e. The second-order valence-electron chi connectivity index (χ2n) is 4.68. The fourth-order valence-electron chi connectivity index (χ4n) is 2.27. The first kappa shape index (κ1) is 13.6. The third-order valence-electron chi connectivity index (χ3n) is 3.16. The Balaban J connectivity index is 1.81. The van der Waals surface area contributed by atoms with Gasteiger partial charge in [-0.25, -0.2) is 4.39 Å². The van der Waals surface area contributed by atoms with Gasteiger partial charge in [-0.1, -0.05) is 29.8 Å². The Morgan fingerprint density at radius 3 is 2.81 bits per heavy atom. The molecule has 2 aromatic carbocycles. The number of nitrogens with one attached hydrogen (secondary N) is 1. The lowest BCUT2D eigenvalue weighted by Gasteiger charge is -2.08. The van der Waals surface area contributed by atoms with Gasteiger partial charge in [0, 0.05) is 17.3 Å². The average Bonchev–Trinajstić information content (AvgIpc) is 2.83. The van der Waals surface area contributed by atoms with Gasteiger partial charge < -0.3 is 9.88 Å². The van der Waals surface area contributed by atoms with E-state index >= 15 is 0 Å². The molecule has 21 heavy (non-hydrogen) atoms. The summed E-state index contributed by atoms with van der Waals surface area (Å²) in [6.45, 7) is 0.115. The number of halogens is 2. The van der Waals surface area contributed by atoms with E-state index in [-0.39, 0.29) is 18.3 Å². The highest BCUT2D eigenvalue weighted by Crippen LogP contribution is 2.24. The molecule has 0 aliphatic rings. The second-order valence-corrected chi connectivity index (χ2v) is 5.09. The molecule has 3 aromatic rings. The Morgan fingerprint density at radius 1 is 1.19 bits per heavy atom. The lowest BCUT2D eigenvalue weighted by atomic mass is 10.2. The van der Waals surface area contributed by atoms with E-state index in [1.807, 2.05) is 24.4 Å². The average molecular weight is 303 g/mol. The Hall–Kier alpha value is -2.33. The van der Waals surface area contributed by atoms with Crippen LogP contribution >= 0.6 is 11.6 Å². The molecule has 0 fully saturated rings. The molecule has 3 nitrogen and oxygen atoms in total. The van der Waals surface area contributed by atoms with Crippen LogP contribution in [0, 0.1) is 5.82 Å². The molecule has 1 N–H and O–H groups in total. The van der Waals surface area contributed by atoms with Crippen molar-refractivity contribution in [1.82, 2.24) is 4.57 Å². The molecule has 0 spiro atoms. The number of carbonyl (C=O) groups excluding carboxylic acids is 1. The highest BCUT2D eigenvalue weighted by Gasteiger charge is 2.09. The monoisotopic (exact) mass is 302 g/mol. The van der Waals surface area contributed by atoms with Crippen molar-refractivity contribution >= 4 is 34.1 Å². The number of benzene rings is 2. The number of rotatable bonds is 3. The van der Waals surface area contributed by atoms with Crippen molar-refractivity contribution in [3.05, 3.63) is 65.6 Å². The van der Waals surface area contributed by atoms with Crippen molar-refractivity contribution in [2.24, 2.45) is 0 Å². The maximum absolute atomic E-state index is 13.1. The number of fused-ring (bicyclic) bond motifs is 1. The van der Waals surface area contributed by atoms with Crippen LogP contribution in [0.25, 0.3) is 10.9 Å². The third kappa shape index (κ3) is 2.90. The summed E-state index contributed by atoms with van der Waals surface area (Å²) in [6.07, 6.45) is 1.81. The van der Waals surface area contributed by atoms with E-state index in [2.05, 4.69) is 5.32 Å². The summed E-state index contributed by atoms with van der Waals surface area (Å²) in [5.41, 5.74) is 1.25. The fraction of sp³-hybridized carbons (Fsp3) is 0.0625. The Kier molecular flexibility index (Phi) is 3.62. The van der Waals surface area contributed by atoms with Gasteiger partial charge in [0.05, 0.1) is 10.5 Å². The quantitative estimate of drug-likeness (QED) is 0.777. The number of carbonyl (C=O) groups is 1. The normalized spacial score (nSPS) is 10.8. The molecule has 3 rings (SSSR count). The first-order valence-electron chi connectivity index (χ1n) is 6.42. The topological polar surface area (TPSA) is 34.0 Å². The zero-order chi connectivity index (χ0) is 14.8. The van der Waals surface area contributed by atoms with Crippen LogP contribution in [0.1, 0.15) is 0 Å². The van der Waals surface area contributed by atoms with E-state index in [9.17, 15) is 9.18 Å². The van der Waals surface area contributed by atoms with E-state index in [0.717, 1.165) is 10.9 Å². The molecule has 5 heteroatoms. The summed E-state index contributed by atoms with van der Waals surface area (Å²) < 4.78 is 14.9. The number of aromatic nitrogens is 1. The van der Waals surface area contributed by atoms with Gasteiger partial charge in [0.1, 0.15) is 12.4 Å². The van der Waals surface area contributed by atoms with Gasteiger partial charge in [-0.15, -0.1) is 0 Å². The van der Waals surface area contributed by atoms with Crippen molar-refractivity contribution < 1.29 is 9.18 Å². The number of para-hydroxylation sites is 1. The van der Waals surface area contributed by atoms with Gasteiger partial charge in [0.2, 0.25) is 5.91 Å². The minimum Gasteiger partial charge on any atom is -0.337 e. The standard InChI is InChI=1S/C16H12ClFN2O/c17-14-6-1-3-11-7-8-20(16(11)14)10-15(21)19-13-5-2-4-12(18)9-13/h1-9H,10H2,(H,19,21). The van der Waals surface area contributed by atoms with Crippen molar-refractivity contribution in [3.8, 4) is 0 Å². The molecule has 0 saturated carbocycles. The molecule has 0 unspecified atom stereocenters. The molecule has 1 aromatic heterocycles. The number of hydrogen-bond donors (Lipinski definition) is 1. The highest BCUT2D eigenvalue weighted by atomic mass is 35.5. The summed E-state index contributed by atoms with van der Waals surface area (Å²) >= 11 is 6.17. The molecule has 0 aliphatic carbocycles. The predicted molar refractivity (Wildman–Crippen MR) is 82.0 cm³/mol. The van der Waals surface area contributed by atoms with Crippen LogP contribution in [0.15, 0.2) is 54.7 Å². The predicted octanol–water partition coefficient (Wildman–Crippen LogP) is 4.07. The van der Waals surface area contributed by atoms with Crippen LogP contribution in [-0.2, 0) is 11.3 Å². The van der Waals surface area contributed by atoms with Crippen molar-refractivity contribution in [2.45, 2.75) is 6.54 Å². The van der Waals surface area contributed by atoms with Gasteiger partial charge in [0.15, 0.2) is 0 Å². The summed E-state index contributed by atoms with van der Waals surface area (Å²) in [5.74, 6) is -0.625. The second kappa shape index (κ2) is 5.58. The minimum absolute atomic E-state index is 0.115. The molecule has 0 saturated heterocycles. The molecule has 1 amide bonds. The zero-order valence-corrected chi connectivity index (χ0v) is 11.8. The molecule has 0 atom stereocenters. The maximum Gasteiger partial charge on any atom is 0.244 e. The lowest BCUT2D eigenvalue weighted by molar-refractivity contribution is -0.116. The van der Waals surface area contributed by atoms with Crippen LogP contribution in [0.4, 0.5) is 10.1 Å². The fourth-order valence-corrected chi connectivity index (χ4v) is 2.56. The van der Waals surface area contributed by atoms with E-state index in [0.29, 0.717) is 10.7 Å². The molecule has 0 aliphatic heterocycles. The minimum atomic E-state index is -0.387. The number of nitrogens with zero attached hydrogens (tertiary/aromatic N) is 1. The Bertz CT molecular complexity index is 813. The lowest BCUT2D eigenvalue weighted by Crippen LogP contribution is -2.18. The van der Waals surface area contributed by atoms with Crippen molar-refractivity contribution in [1.29, 1.82) is 0 Å². The van der Waals surface area contributed by atoms with Gasteiger partial charge in [0.25, 0.3) is 0 Å². The number of hydrogen-bond acceptors (Lipinski definition) is 1. The molecule has 106 valence electrons. The SMILES string of the molecule is O=C(Cn1ccc2cccc(Cl)c21)Nc1cccc(F)c1. The first-order chi connectivity index (χ1) is 10.1. The van der Waals surface area contributed by atoms with Gasteiger partial charge in [-0.05, 0) is 30.3 Å². The molecular formula is C16H12ClFN2O. The van der Waals surface area contributed by atoms with E-state index in [1.54, 1.807) is 22.8 Å². The summed E-state index contributed by atoms with van der Waals surface area (Å²) in [6, 6.07) is 13.3. The Morgan fingerprint density at radius 2 is 2.00 bits per heavy atom. The van der Waals surface area contributed by atoms with Crippen LogP contribution < -0.4 is 5.32 Å². The van der Waals surface area contributed by atoms with E-state index in [4.69, 9.17) is 11.6 Å². The first-order valence-corrected chi connectivity index (χ1v) is 6.80. The number of amides is 1. The van der Waals surface area contributed by atoms with Crippen molar-refractivity contribution in [2.75, 3.05) is 5.32 Å². The van der Waals surface area contributed by atoms with E-state index in [1.165, 1.54) is 12.1 Å². The summed E-state index contributed by atoms with van der Waals surface area (Å²) in [4.78, 5) is 12.0. The van der Waals surface area contributed by atoms with Crippen LogP contribution in [-0.4, -0.2) is 10.5 Å². The van der Waals surface area contributed by atoms with Gasteiger partial charge >= 0.3 is 0 Å². The third-order valence-corrected chi connectivity index (χ3v) is 3.47. The molecule has 0 bridgehead atoms. The number of anilines is 1. The Labute approximate surface area is 125 Å². The van der Waals surface area contributed by atoms with Gasteiger partial charge in [-0.3, -0.25) is 4.79 Å². The van der Waals surface area contributed by atoms with Crippen LogP contribution in [0.3, 0.4) is 0 Å². The van der Waals surface area contributed by atoms with Crippen molar-refractivity contribution in [3.63, 3.8) is 0 Å². The van der Waals surface area contributed by atoms with Crippen LogP contribution in [0.5, 0.6) is 0 Å². The van der Waals surface area contributed by atoms with E-state index < -0.39 is 0 Å². The summed E-state index contributed by atoms with van der Waals surface area (Å²) in [5, 5.41) is 4.23. The zero-order valence-electron chi connectivity index (χ0n) is 11.0. The molecular weight excluding hydrogens is 291 g/mol. The molecule has 1 heterocycles. The molecule has 0 radical (unpaired) electrons.